The van der Waals surface area contributed by atoms with Crippen LogP contribution in [0.3, 0.4) is 0 Å². The molecule has 1 aliphatic carbocycles. The second-order valence-corrected chi connectivity index (χ2v) is 12.7. The summed E-state index contributed by atoms with van der Waals surface area (Å²) in [5.74, 6) is 0.729. The zero-order valence-electron chi connectivity index (χ0n) is 25.8. The van der Waals surface area contributed by atoms with Crippen molar-refractivity contribution in [1.82, 2.24) is 14.5 Å². The van der Waals surface area contributed by atoms with E-state index in [1.807, 2.05) is 6.07 Å². The van der Waals surface area contributed by atoms with E-state index >= 15 is 0 Å². The van der Waals surface area contributed by atoms with E-state index in [1.165, 1.54) is 66.3 Å². The number of hydrogen-bond donors (Lipinski definition) is 0. The molecule has 6 aromatic carbocycles. The van der Waals surface area contributed by atoms with Crippen LogP contribution in [0.4, 0.5) is 0 Å². The topological polar surface area (TPSA) is 30.7 Å². The zero-order chi connectivity index (χ0) is 30.8. The molecule has 2 aromatic heterocycles. The first kappa shape index (κ1) is 26.6. The molecule has 3 heteroatoms. The summed E-state index contributed by atoms with van der Waals surface area (Å²) in [7, 11) is 0. The fourth-order valence-corrected chi connectivity index (χ4v) is 7.48. The minimum absolute atomic E-state index is 0.0335. The molecule has 0 bridgehead atoms. The van der Waals surface area contributed by atoms with Gasteiger partial charge in [0.1, 0.15) is 0 Å². The molecule has 0 saturated heterocycles. The molecule has 3 nitrogen and oxygen atoms in total. The van der Waals surface area contributed by atoms with Crippen molar-refractivity contribution >= 4 is 21.8 Å². The highest BCUT2D eigenvalue weighted by molar-refractivity contribution is 6.13. The van der Waals surface area contributed by atoms with Crippen LogP contribution >= 0.6 is 0 Å². The number of aromatic nitrogens is 3. The lowest BCUT2D eigenvalue weighted by Crippen LogP contribution is -2.14. The van der Waals surface area contributed by atoms with E-state index in [2.05, 4.69) is 162 Å². The van der Waals surface area contributed by atoms with Gasteiger partial charge in [0.25, 0.3) is 0 Å². The SMILES string of the molecule is CC1(C)c2ccccc2-c2ccc(-c3cccc(-c4cccc5c6ccccc6n(-c6ccc(-c7ncccn7)cc6)c45)c3)cc21. The average molecular weight is 590 g/mol. The van der Waals surface area contributed by atoms with Gasteiger partial charge in [-0.05, 0) is 87.5 Å². The first-order chi connectivity index (χ1) is 22.6. The Labute approximate surface area is 268 Å². The van der Waals surface area contributed by atoms with E-state index in [-0.39, 0.29) is 5.41 Å². The molecule has 46 heavy (non-hydrogen) atoms. The molecule has 0 unspecified atom stereocenters. The number of rotatable bonds is 4. The van der Waals surface area contributed by atoms with Crippen LogP contribution < -0.4 is 0 Å². The molecule has 0 atom stereocenters. The van der Waals surface area contributed by atoms with Gasteiger partial charge in [0, 0.05) is 45.4 Å². The smallest absolute Gasteiger partial charge is 0.159 e. The molecule has 218 valence electrons. The normalized spacial score (nSPS) is 13.2. The molecule has 2 heterocycles. The predicted octanol–water partition coefficient (Wildman–Crippen LogP) is 10.9. The summed E-state index contributed by atoms with van der Waals surface area (Å²) in [6.45, 7) is 4.69. The number of nitrogens with zero attached hydrogens (tertiary/aromatic N) is 3. The van der Waals surface area contributed by atoms with E-state index < -0.39 is 0 Å². The second kappa shape index (κ2) is 10.1. The van der Waals surface area contributed by atoms with Crippen LogP contribution in [-0.4, -0.2) is 14.5 Å². The molecule has 0 fully saturated rings. The van der Waals surface area contributed by atoms with Crippen LogP contribution in [0.5, 0.6) is 0 Å². The van der Waals surface area contributed by atoms with Crippen LogP contribution in [0.1, 0.15) is 25.0 Å². The molecule has 0 N–H and O–H groups in total. The van der Waals surface area contributed by atoms with Crippen molar-refractivity contribution in [3.8, 4) is 50.5 Å². The lowest BCUT2D eigenvalue weighted by molar-refractivity contribution is 0.660. The number of fused-ring (bicyclic) bond motifs is 6. The first-order valence-corrected chi connectivity index (χ1v) is 15.8. The summed E-state index contributed by atoms with van der Waals surface area (Å²) < 4.78 is 2.40. The highest BCUT2D eigenvalue weighted by Gasteiger charge is 2.35. The van der Waals surface area contributed by atoms with Crippen LogP contribution in [0.2, 0.25) is 0 Å². The lowest BCUT2D eigenvalue weighted by atomic mass is 9.81. The highest BCUT2D eigenvalue weighted by atomic mass is 15.0. The monoisotopic (exact) mass is 589 g/mol. The van der Waals surface area contributed by atoms with Gasteiger partial charge in [-0.2, -0.15) is 0 Å². The van der Waals surface area contributed by atoms with Crippen molar-refractivity contribution in [3.05, 3.63) is 163 Å². The van der Waals surface area contributed by atoms with Gasteiger partial charge in [0.15, 0.2) is 5.82 Å². The molecular weight excluding hydrogens is 558 g/mol. The van der Waals surface area contributed by atoms with Crippen LogP contribution in [0.25, 0.3) is 72.3 Å². The molecule has 0 saturated carbocycles. The fourth-order valence-electron chi connectivity index (χ4n) is 7.48. The fraction of sp³-hybridized carbons (Fsp3) is 0.0698. The van der Waals surface area contributed by atoms with E-state index in [1.54, 1.807) is 12.4 Å². The van der Waals surface area contributed by atoms with E-state index in [4.69, 9.17) is 0 Å². The van der Waals surface area contributed by atoms with Crippen molar-refractivity contribution < 1.29 is 0 Å². The third-order valence-electron chi connectivity index (χ3n) is 9.73. The number of para-hydroxylation sites is 2. The van der Waals surface area contributed by atoms with Crippen molar-refractivity contribution in [2.45, 2.75) is 19.3 Å². The standard InChI is InChI=1S/C43H31N3/c1-43(2)38-16-5-3-12-34(38)35-23-20-30(27-39(35)43)29-10-7-11-31(26-29)33-14-8-15-37-36-13-4-6-17-40(36)46(41(33)37)32-21-18-28(19-22-32)42-44-24-9-25-45-42/h3-27H,1-2H3. The molecular formula is C43H31N3. The van der Waals surface area contributed by atoms with Gasteiger partial charge in [-0.25, -0.2) is 9.97 Å². The summed E-state index contributed by atoms with van der Waals surface area (Å²) in [5.41, 5.74) is 14.8. The predicted molar refractivity (Wildman–Crippen MR) is 190 cm³/mol. The molecule has 0 amide bonds. The Balaban J connectivity index is 1.20. The molecule has 1 aliphatic rings. The summed E-state index contributed by atoms with van der Waals surface area (Å²) >= 11 is 0. The maximum Gasteiger partial charge on any atom is 0.159 e. The van der Waals surface area contributed by atoms with E-state index in [0.717, 1.165) is 17.1 Å². The van der Waals surface area contributed by atoms with Crippen LogP contribution in [0, 0.1) is 0 Å². The first-order valence-electron chi connectivity index (χ1n) is 15.8. The van der Waals surface area contributed by atoms with E-state index in [0.29, 0.717) is 0 Å². The molecule has 0 spiro atoms. The van der Waals surface area contributed by atoms with Crippen molar-refractivity contribution in [3.63, 3.8) is 0 Å². The summed E-state index contributed by atoms with van der Waals surface area (Å²) in [6.07, 6.45) is 3.57. The Morgan fingerprint density at radius 2 is 1.13 bits per heavy atom. The minimum Gasteiger partial charge on any atom is -0.309 e. The molecule has 0 radical (unpaired) electrons. The third-order valence-corrected chi connectivity index (χ3v) is 9.73. The quantitative estimate of drug-likeness (QED) is 0.204. The van der Waals surface area contributed by atoms with Crippen molar-refractivity contribution in [1.29, 1.82) is 0 Å². The number of benzene rings is 6. The maximum absolute atomic E-state index is 4.45. The van der Waals surface area contributed by atoms with Crippen LogP contribution in [0.15, 0.2) is 152 Å². The van der Waals surface area contributed by atoms with Crippen LogP contribution in [-0.2, 0) is 5.41 Å². The third kappa shape index (κ3) is 3.98. The maximum atomic E-state index is 4.45. The van der Waals surface area contributed by atoms with Gasteiger partial charge < -0.3 is 4.57 Å². The Kier molecular flexibility index (Phi) is 5.85. The number of hydrogen-bond acceptors (Lipinski definition) is 2. The average Bonchev–Trinajstić information content (AvgIpc) is 3.57. The Bertz CT molecular complexity index is 2430. The lowest BCUT2D eigenvalue weighted by Gasteiger charge is -2.22. The van der Waals surface area contributed by atoms with Gasteiger partial charge >= 0.3 is 0 Å². The Morgan fingerprint density at radius 3 is 2.00 bits per heavy atom. The van der Waals surface area contributed by atoms with E-state index in [9.17, 15) is 0 Å². The molecule has 8 aromatic rings. The van der Waals surface area contributed by atoms with Gasteiger partial charge in [0.2, 0.25) is 0 Å². The minimum atomic E-state index is -0.0335. The van der Waals surface area contributed by atoms with Gasteiger partial charge in [0.05, 0.1) is 11.0 Å². The summed E-state index contributed by atoms with van der Waals surface area (Å²) in [4.78, 5) is 8.90. The zero-order valence-corrected chi connectivity index (χ0v) is 25.8. The highest BCUT2D eigenvalue weighted by Crippen LogP contribution is 2.49. The second-order valence-electron chi connectivity index (χ2n) is 12.7. The summed E-state index contributed by atoms with van der Waals surface area (Å²) in [6, 6.07) is 50.7. The van der Waals surface area contributed by atoms with Gasteiger partial charge in [-0.1, -0.05) is 105 Å². The molecule has 9 rings (SSSR count). The van der Waals surface area contributed by atoms with Crippen molar-refractivity contribution in [2.75, 3.05) is 0 Å². The summed E-state index contributed by atoms with van der Waals surface area (Å²) in [5, 5.41) is 2.48. The van der Waals surface area contributed by atoms with Gasteiger partial charge in [-0.3, -0.25) is 0 Å². The largest absolute Gasteiger partial charge is 0.309 e. The van der Waals surface area contributed by atoms with Crippen molar-refractivity contribution in [2.24, 2.45) is 0 Å². The molecule has 0 aliphatic heterocycles. The Hall–Kier alpha value is -5.80. The Morgan fingerprint density at radius 1 is 0.478 bits per heavy atom. The van der Waals surface area contributed by atoms with Gasteiger partial charge in [-0.15, -0.1) is 0 Å².